The summed E-state index contributed by atoms with van der Waals surface area (Å²) in [5.74, 6) is 0. The molecule has 2 rings (SSSR count). The molecule has 0 aromatic carbocycles. The molecule has 10 heteroatoms. The van der Waals surface area contributed by atoms with E-state index in [0.717, 1.165) is 9.13 Å². The average molecular weight is 274 g/mol. The Bertz CT molecular complexity index is 742. The van der Waals surface area contributed by atoms with Gasteiger partial charge in [-0.25, -0.2) is 4.79 Å². The lowest BCUT2D eigenvalue weighted by Crippen LogP contribution is -2.37. The van der Waals surface area contributed by atoms with E-state index >= 15 is 0 Å². The summed E-state index contributed by atoms with van der Waals surface area (Å²) >= 11 is 5.82. The third-order valence-corrected chi connectivity index (χ3v) is 2.83. The molecule has 2 heterocycles. The van der Waals surface area contributed by atoms with Crippen LogP contribution in [0.15, 0.2) is 14.9 Å². The van der Waals surface area contributed by atoms with Crippen molar-refractivity contribution in [3.05, 3.63) is 31.0 Å². The second-order valence-corrected chi connectivity index (χ2v) is 3.86. The topological polar surface area (TPSA) is 100 Å². The Balaban J connectivity index is 2.90. The van der Waals surface area contributed by atoms with Crippen LogP contribution in [-0.2, 0) is 25.7 Å². The van der Waals surface area contributed by atoms with Crippen LogP contribution in [0.2, 0.25) is 5.28 Å². The van der Waals surface area contributed by atoms with Crippen LogP contribution in [0.1, 0.15) is 0 Å². The Kier molecular flexibility index (Phi) is 2.91. The van der Waals surface area contributed by atoms with Crippen molar-refractivity contribution in [3.8, 4) is 0 Å². The number of imidazole rings is 1. The number of aryl methyl sites for hydroxylation is 1. The van der Waals surface area contributed by atoms with Crippen LogP contribution in [0, 0.1) is 4.91 Å². The number of rotatable bonds is 3. The molecule has 0 aliphatic rings. The predicted octanol–water partition coefficient (Wildman–Crippen LogP) is -0.257. The Labute approximate surface area is 104 Å². The highest BCUT2D eigenvalue weighted by Gasteiger charge is 2.18. The molecule has 0 saturated carbocycles. The Hall–Kier alpha value is -2.16. The molecule has 96 valence electrons. The molecule has 0 amide bonds. The van der Waals surface area contributed by atoms with Crippen LogP contribution in [0.4, 0.5) is 0 Å². The maximum Gasteiger partial charge on any atom is 0.332 e. The van der Waals surface area contributed by atoms with E-state index in [1.165, 1.54) is 18.7 Å². The fraction of sp³-hybridized carbons (Fsp3) is 0.375. The second kappa shape index (κ2) is 4.26. The maximum absolute atomic E-state index is 12.0. The fourth-order valence-electron chi connectivity index (χ4n) is 1.62. The van der Waals surface area contributed by atoms with Gasteiger partial charge >= 0.3 is 5.69 Å². The number of hydrogen-bond donors (Lipinski definition) is 0. The first-order chi connectivity index (χ1) is 8.49. The fourth-order valence-corrected chi connectivity index (χ4v) is 1.83. The number of fused-ring (bicyclic) bond motifs is 1. The number of halogens is 1. The summed E-state index contributed by atoms with van der Waals surface area (Å²) in [6, 6.07) is 0. The van der Waals surface area contributed by atoms with Gasteiger partial charge in [0, 0.05) is 14.1 Å². The van der Waals surface area contributed by atoms with E-state index in [1.54, 1.807) is 0 Å². The van der Waals surface area contributed by atoms with E-state index in [1.807, 2.05) is 0 Å². The van der Waals surface area contributed by atoms with E-state index in [9.17, 15) is 14.5 Å². The summed E-state index contributed by atoms with van der Waals surface area (Å²) in [6.07, 6.45) is 0. The van der Waals surface area contributed by atoms with Gasteiger partial charge in [0.2, 0.25) is 5.28 Å². The van der Waals surface area contributed by atoms with Gasteiger partial charge in [0.25, 0.3) is 5.56 Å². The van der Waals surface area contributed by atoms with Gasteiger partial charge in [-0.2, -0.15) is 4.98 Å². The molecule has 0 unspecified atom stereocenters. The van der Waals surface area contributed by atoms with Crippen molar-refractivity contribution in [2.75, 3.05) is 0 Å². The lowest BCUT2D eigenvalue weighted by atomic mass is 10.5. The van der Waals surface area contributed by atoms with Gasteiger partial charge in [-0.15, -0.1) is 4.91 Å². The lowest BCUT2D eigenvalue weighted by molar-refractivity contribution is 0.0826. The molecule has 0 aliphatic heterocycles. The summed E-state index contributed by atoms with van der Waals surface area (Å²) in [6.45, 7) is -0.355. The molecule has 0 atom stereocenters. The normalized spacial score (nSPS) is 10.8. The number of aromatic nitrogens is 4. The molecule has 0 spiro atoms. The zero-order valence-corrected chi connectivity index (χ0v) is 10.2. The van der Waals surface area contributed by atoms with E-state index in [0.29, 0.717) is 0 Å². The SMILES string of the molecule is Cn1c(=O)c2c(nc(Cl)n2CON=O)n(C)c1=O. The van der Waals surface area contributed by atoms with Gasteiger partial charge in [0.1, 0.15) is 0 Å². The Morgan fingerprint density at radius 1 is 1.33 bits per heavy atom. The van der Waals surface area contributed by atoms with Gasteiger partial charge in [-0.1, -0.05) is 0 Å². The monoisotopic (exact) mass is 273 g/mol. The second-order valence-electron chi connectivity index (χ2n) is 3.52. The molecule has 0 saturated heterocycles. The highest BCUT2D eigenvalue weighted by atomic mass is 35.5. The Morgan fingerprint density at radius 3 is 2.61 bits per heavy atom. The molecule has 0 bridgehead atoms. The Morgan fingerprint density at radius 2 is 2.00 bits per heavy atom. The standard InChI is InChI=1S/C8H8ClN5O4/c1-12-5-4(6(15)13(2)8(12)16)14(3-18-11-17)7(9)10-5/h3H2,1-2H3. The minimum Gasteiger partial charge on any atom is -0.341 e. The largest absolute Gasteiger partial charge is 0.341 e. The number of nitrogens with zero attached hydrogens (tertiary/aromatic N) is 5. The summed E-state index contributed by atoms with van der Waals surface area (Å²) < 4.78 is 3.23. The van der Waals surface area contributed by atoms with Gasteiger partial charge < -0.3 is 4.84 Å². The minimum absolute atomic E-state index is 0.0632. The van der Waals surface area contributed by atoms with Gasteiger partial charge in [0.05, 0.1) is 0 Å². The van der Waals surface area contributed by atoms with Crippen molar-refractivity contribution in [1.29, 1.82) is 0 Å². The van der Waals surface area contributed by atoms with Crippen molar-refractivity contribution in [3.63, 3.8) is 0 Å². The van der Waals surface area contributed by atoms with Crippen LogP contribution in [-0.4, -0.2) is 18.7 Å². The maximum atomic E-state index is 12.0. The third kappa shape index (κ3) is 1.59. The molecule has 0 fully saturated rings. The van der Waals surface area contributed by atoms with Crippen molar-refractivity contribution >= 4 is 22.8 Å². The van der Waals surface area contributed by atoms with Gasteiger partial charge in [-0.05, 0) is 11.6 Å². The molecule has 0 N–H and O–H groups in total. The summed E-state index contributed by atoms with van der Waals surface area (Å²) in [4.78, 5) is 41.8. The summed E-state index contributed by atoms with van der Waals surface area (Å²) in [7, 11) is 2.78. The van der Waals surface area contributed by atoms with Gasteiger partial charge in [-0.3, -0.25) is 18.5 Å². The molecule has 0 aliphatic carbocycles. The van der Waals surface area contributed by atoms with Crippen LogP contribution in [0.5, 0.6) is 0 Å². The van der Waals surface area contributed by atoms with E-state index in [-0.39, 0.29) is 23.2 Å². The minimum atomic E-state index is -0.581. The zero-order chi connectivity index (χ0) is 13.4. The highest BCUT2D eigenvalue weighted by molar-refractivity contribution is 6.29. The molecule has 18 heavy (non-hydrogen) atoms. The van der Waals surface area contributed by atoms with E-state index in [4.69, 9.17) is 11.6 Å². The quantitative estimate of drug-likeness (QED) is 0.436. The van der Waals surface area contributed by atoms with E-state index in [2.05, 4.69) is 15.2 Å². The highest BCUT2D eigenvalue weighted by Crippen LogP contribution is 2.15. The van der Waals surface area contributed by atoms with Crippen molar-refractivity contribution in [2.45, 2.75) is 6.73 Å². The number of hydrogen-bond acceptors (Lipinski definition) is 6. The third-order valence-electron chi connectivity index (χ3n) is 2.54. The van der Waals surface area contributed by atoms with Gasteiger partial charge in [0.15, 0.2) is 23.2 Å². The van der Waals surface area contributed by atoms with Crippen LogP contribution >= 0.6 is 11.6 Å². The smallest absolute Gasteiger partial charge is 0.332 e. The van der Waals surface area contributed by atoms with Crippen molar-refractivity contribution < 1.29 is 4.84 Å². The van der Waals surface area contributed by atoms with Crippen molar-refractivity contribution in [2.24, 2.45) is 19.4 Å². The zero-order valence-electron chi connectivity index (χ0n) is 9.45. The van der Waals surface area contributed by atoms with Crippen LogP contribution in [0.3, 0.4) is 0 Å². The summed E-state index contributed by atoms with van der Waals surface area (Å²) in [5, 5.41) is 2.14. The first-order valence-corrected chi connectivity index (χ1v) is 5.13. The van der Waals surface area contributed by atoms with Crippen LogP contribution in [0.25, 0.3) is 11.2 Å². The lowest BCUT2D eigenvalue weighted by Gasteiger charge is -2.04. The van der Waals surface area contributed by atoms with Crippen molar-refractivity contribution in [1.82, 2.24) is 18.7 Å². The molecule has 9 nitrogen and oxygen atoms in total. The predicted molar refractivity (Wildman–Crippen MR) is 62.1 cm³/mol. The molecule has 0 radical (unpaired) electrons. The average Bonchev–Trinajstić information content (AvgIpc) is 2.68. The van der Waals surface area contributed by atoms with Crippen LogP contribution < -0.4 is 11.2 Å². The molecule has 2 aromatic rings. The van der Waals surface area contributed by atoms with E-state index < -0.39 is 11.2 Å². The molecule has 2 aromatic heterocycles. The first-order valence-electron chi connectivity index (χ1n) is 4.75. The first kappa shape index (κ1) is 12.3. The molecular weight excluding hydrogens is 266 g/mol. The molecular formula is C8H8ClN5O4. The summed E-state index contributed by atoms with van der Waals surface area (Å²) in [5.41, 5.74) is -0.930.